The minimum atomic E-state index is 0.342. The van der Waals surface area contributed by atoms with Crippen molar-refractivity contribution >= 4 is 0 Å². The molecule has 0 spiro atoms. The first kappa shape index (κ1) is 29.0. The van der Waals surface area contributed by atoms with Gasteiger partial charge in [0.1, 0.15) is 5.75 Å². The third kappa shape index (κ3) is 8.52. The van der Waals surface area contributed by atoms with Gasteiger partial charge in [-0.15, -0.1) is 0 Å². The topological polar surface area (TPSA) is 78.3 Å². The molecule has 42 heavy (non-hydrogen) atoms. The largest absolute Gasteiger partial charge is 0.507 e. The lowest BCUT2D eigenvalue weighted by Crippen LogP contribution is -2.25. The average Bonchev–Trinajstić information content (AvgIpc) is 3.01. The summed E-state index contributed by atoms with van der Waals surface area (Å²) in [5.41, 5.74) is 6.98. The molecular weight excluding hydrogens is 520 g/mol. The summed E-state index contributed by atoms with van der Waals surface area (Å²) in [6.07, 6.45) is 9.27. The molecule has 1 aromatic carbocycles. The van der Waals surface area contributed by atoms with E-state index in [-0.39, 0.29) is 0 Å². The van der Waals surface area contributed by atoms with E-state index in [2.05, 4.69) is 48.8 Å². The SMILES string of the molecule is CCCc1cc(CN(Cc2ccccn2)Cc2ccccn2)c(O)c(CN(Cc2ccccn2)Cc2ccccn2)c1. The predicted molar refractivity (Wildman–Crippen MR) is 165 cm³/mol. The fourth-order valence-electron chi connectivity index (χ4n) is 5.21. The number of hydrogen-bond donors (Lipinski definition) is 1. The van der Waals surface area contributed by atoms with Crippen LogP contribution in [0.1, 0.15) is 52.8 Å². The van der Waals surface area contributed by atoms with Crippen LogP contribution < -0.4 is 0 Å². The summed E-state index contributed by atoms with van der Waals surface area (Å²) < 4.78 is 0. The van der Waals surface area contributed by atoms with Crippen LogP contribution >= 0.6 is 0 Å². The molecule has 4 heterocycles. The molecule has 1 N–H and O–H groups in total. The Hall–Kier alpha value is -4.46. The maximum atomic E-state index is 11.7. The number of nitrogens with zero attached hydrogens (tertiary/aromatic N) is 6. The number of benzene rings is 1. The second-order valence-electron chi connectivity index (χ2n) is 10.6. The summed E-state index contributed by atoms with van der Waals surface area (Å²) in [5.74, 6) is 0.342. The predicted octanol–water partition coefficient (Wildman–Crippen LogP) is 6.33. The van der Waals surface area contributed by atoms with Crippen LogP contribution in [0, 0.1) is 0 Å². The zero-order chi connectivity index (χ0) is 29.0. The standard InChI is InChI=1S/C35H38N6O/c1-2-11-28-20-29(22-40(24-31-12-3-7-16-36-31)25-32-13-4-8-17-37-32)35(42)30(21-28)23-41(26-33-14-5-9-18-38-33)27-34-15-6-10-19-39-34/h3-10,12-21,42H,2,11,22-27H2,1H3. The molecule has 214 valence electrons. The van der Waals surface area contributed by atoms with Gasteiger partial charge in [-0.1, -0.05) is 49.7 Å². The maximum absolute atomic E-state index is 11.7. The minimum absolute atomic E-state index is 0.342. The first-order valence-electron chi connectivity index (χ1n) is 14.5. The number of hydrogen-bond acceptors (Lipinski definition) is 7. The molecule has 0 fully saturated rings. The molecule has 0 aliphatic heterocycles. The van der Waals surface area contributed by atoms with Gasteiger partial charge in [0, 0.05) is 75.2 Å². The molecule has 0 saturated carbocycles. The Balaban J connectivity index is 1.44. The van der Waals surface area contributed by atoms with E-state index in [0.717, 1.165) is 46.7 Å². The van der Waals surface area contributed by atoms with E-state index in [1.54, 1.807) is 0 Å². The summed E-state index contributed by atoms with van der Waals surface area (Å²) in [6, 6.07) is 28.2. The molecule has 0 radical (unpaired) electrons. The van der Waals surface area contributed by atoms with Crippen LogP contribution in [0.5, 0.6) is 5.75 Å². The van der Waals surface area contributed by atoms with Gasteiger partial charge in [0.25, 0.3) is 0 Å². The van der Waals surface area contributed by atoms with E-state index in [1.807, 2.05) is 97.6 Å². The molecule has 0 unspecified atom stereocenters. The first-order valence-corrected chi connectivity index (χ1v) is 14.5. The van der Waals surface area contributed by atoms with E-state index in [9.17, 15) is 5.11 Å². The second-order valence-corrected chi connectivity index (χ2v) is 10.6. The fraction of sp³-hybridized carbons (Fsp3) is 0.257. The van der Waals surface area contributed by atoms with Crippen LogP contribution in [0.15, 0.2) is 110 Å². The van der Waals surface area contributed by atoms with Gasteiger partial charge < -0.3 is 5.11 Å². The molecule has 4 aromatic heterocycles. The summed E-state index contributed by atoms with van der Waals surface area (Å²) in [6.45, 7) is 5.93. The normalized spacial score (nSPS) is 11.3. The van der Waals surface area contributed by atoms with Crippen molar-refractivity contribution in [1.29, 1.82) is 0 Å². The Morgan fingerprint density at radius 3 is 1.17 bits per heavy atom. The lowest BCUT2D eigenvalue weighted by atomic mass is 9.99. The van der Waals surface area contributed by atoms with Gasteiger partial charge >= 0.3 is 0 Å². The number of aromatic hydroxyl groups is 1. The van der Waals surface area contributed by atoms with E-state index in [0.29, 0.717) is 45.0 Å². The van der Waals surface area contributed by atoms with Gasteiger partial charge in [-0.2, -0.15) is 0 Å². The van der Waals surface area contributed by atoms with Crippen molar-refractivity contribution in [2.75, 3.05) is 0 Å². The van der Waals surface area contributed by atoms with Gasteiger partial charge in [-0.05, 0) is 60.5 Å². The van der Waals surface area contributed by atoms with Crippen molar-refractivity contribution < 1.29 is 5.11 Å². The van der Waals surface area contributed by atoms with Gasteiger partial charge in [0.2, 0.25) is 0 Å². The molecule has 7 heteroatoms. The Morgan fingerprint density at radius 1 is 0.524 bits per heavy atom. The highest BCUT2D eigenvalue weighted by Gasteiger charge is 2.18. The first-order chi connectivity index (χ1) is 20.7. The molecule has 5 aromatic rings. The second kappa shape index (κ2) is 15.0. The Kier molecular flexibility index (Phi) is 10.3. The molecule has 0 atom stereocenters. The van der Waals surface area contributed by atoms with Crippen LogP contribution in [0.25, 0.3) is 0 Å². The fourth-order valence-corrected chi connectivity index (χ4v) is 5.21. The summed E-state index contributed by atoms with van der Waals surface area (Å²) >= 11 is 0. The van der Waals surface area contributed by atoms with Gasteiger partial charge in [-0.25, -0.2) is 0 Å². The van der Waals surface area contributed by atoms with E-state index >= 15 is 0 Å². The highest BCUT2D eigenvalue weighted by atomic mass is 16.3. The van der Waals surface area contributed by atoms with Crippen molar-refractivity contribution in [3.8, 4) is 5.75 Å². The third-order valence-corrected chi connectivity index (χ3v) is 7.10. The van der Waals surface area contributed by atoms with Crippen LogP contribution in [-0.2, 0) is 45.7 Å². The van der Waals surface area contributed by atoms with Gasteiger partial charge in [0.05, 0.1) is 22.8 Å². The Morgan fingerprint density at radius 2 is 0.881 bits per heavy atom. The molecule has 0 aliphatic carbocycles. The zero-order valence-corrected chi connectivity index (χ0v) is 24.2. The van der Waals surface area contributed by atoms with Crippen molar-refractivity contribution in [2.45, 2.75) is 59.0 Å². The molecule has 5 rings (SSSR count). The van der Waals surface area contributed by atoms with Gasteiger partial charge in [-0.3, -0.25) is 29.7 Å². The van der Waals surface area contributed by atoms with Crippen LogP contribution in [0.2, 0.25) is 0 Å². The number of rotatable bonds is 14. The highest BCUT2D eigenvalue weighted by Crippen LogP contribution is 2.30. The Labute approximate surface area is 248 Å². The minimum Gasteiger partial charge on any atom is -0.507 e. The number of aromatic nitrogens is 4. The molecular formula is C35H38N6O. The van der Waals surface area contributed by atoms with E-state index < -0.39 is 0 Å². The van der Waals surface area contributed by atoms with E-state index in [1.165, 1.54) is 5.56 Å². The molecule has 7 nitrogen and oxygen atoms in total. The van der Waals surface area contributed by atoms with E-state index in [4.69, 9.17) is 0 Å². The van der Waals surface area contributed by atoms with Gasteiger partial charge in [0.15, 0.2) is 0 Å². The maximum Gasteiger partial charge on any atom is 0.124 e. The highest BCUT2D eigenvalue weighted by molar-refractivity contribution is 5.44. The molecule has 0 amide bonds. The lowest BCUT2D eigenvalue weighted by molar-refractivity contribution is 0.231. The summed E-state index contributed by atoms with van der Waals surface area (Å²) in [4.78, 5) is 22.8. The van der Waals surface area contributed by atoms with Crippen molar-refractivity contribution in [2.24, 2.45) is 0 Å². The average molecular weight is 559 g/mol. The number of phenolic OH excluding ortho intramolecular Hbond substituents is 1. The summed E-state index contributed by atoms with van der Waals surface area (Å²) in [7, 11) is 0. The Bertz CT molecular complexity index is 1310. The van der Waals surface area contributed by atoms with Crippen LogP contribution in [0.3, 0.4) is 0 Å². The number of aryl methyl sites for hydroxylation is 1. The number of pyridine rings is 4. The smallest absolute Gasteiger partial charge is 0.124 e. The quantitative estimate of drug-likeness (QED) is 0.171. The third-order valence-electron chi connectivity index (χ3n) is 7.10. The van der Waals surface area contributed by atoms with Crippen LogP contribution in [-0.4, -0.2) is 34.8 Å². The summed E-state index contributed by atoms with van der Waals surface area (Å²) in [5, 5.41) is 11.7. The number of phenols is 1. The molecule has 0 saturated heterocycles. The molecule has 0 aliphatic rings. The van der Waals surface area contributed by atoms with Crippen molar-refractivity contribution in [1.82, 2.24) is 29.7 Å². The zero-order valence-electron chi connectivity index (χ0n) is 24.2. The van der Waals surface area contributed by atoms with Crippen LogP contribution in [0.4, 0.5) is 0 Å². The van der Waals surface area contributed by atoms with Crippen molar-refractivity contribution in [3.05, 3.63) is 149 Å². The lowest BCUT2D eigenvalue weighted by Gasteiger charge is -2.26. The monoisotopic (exact) mass is 558 g/mol. The molecule has 0 bridgehead atoms. The van der Waals surface area contributed by atoms with Crippen molar-refractivity contribution in [3.63, 3.8) is 0 Å².